The van der Waals surface area contributed by atoms with Gasteiger partial charge in [0.1, 0.15) is 6.04 Å². The van der Waals surface area contributed by atoms with E-state index in [1.165, 1.54) is 0 Å². The Kier molecular flexibility index (Phi) is 5.18. The fourth-order valence-electron chi connectivity index (χ4n) is 3.61. The zero-order chi connectivity index (χ0) is 21.4. The highest BCUT2D eigenvalue weighted by molar-refractivity contribution is 7.99. The van der Waals surface area contributed by atoms with Crippen LogP contribution in [0.15, 0.2) is 30.3 Å². The van der Waals surface area contributed by atoms with Crippen LogP contribution in [0.2, 0.25) is 0 Å². The highest BCUT2D eigenvalue weighted by Crippen LogP contribution is 2.28. The summed E-state index contributed by atoms with van der Waals surface area (Å²) < 4.78 is 1.67. The predicted octanol–water partition coefficient (Wildman–Crippen LogP) is 2.61. The van der Waals surface area contributed by atoms with Gasteiger partial charge in [0.15, 0.2) is 5.65 Å². The number of fused-ring (bicyclic) bond motifs is 1. The van der Waals surface area contributed by atoms with Gasteiger partial charge in [0.25, 0.3) is 5.91 Å². The van der Waals surface area contributed by atoms with Crippen molar-refractivity contribution < 1.29 is 9.59 Å². The van der Waals surface area contributed by atoms with Gasteiger partial charge in [0.2, 0.25) is 5.91 Å². The van der Waals surface area contributed by atoms with E-state index in [-0.39, 0.29) is 11.8 Å². The molecule has 1 aliphatic heterocycles. The third kappa shape index (κ3) is 3.50. The molecule has 2 aromatic heterocycles. The first-order valence-electron chi connectivity index (χ1n) is 9.39. The molecular weight excluding hydrogens is 400 g/mol. The van der Waals surface area contributed by atoms with Crippen LogP contribution in [-0.4, -0.2) is 49.2 Å². The number of carbonyl (C=O) groups is 2. The summed E-state index contributed by atoms with van der Waals surface area (Å²) in [6.07, 6.45) is 0. The van der Waals surface area contributed by atoms with Gasteiger partial charge in [-0.1, -0.05) is 0 Å². The maximum Gasteiger partial charge on any atom is 0.256 e. The molecule has 0 spiro atoms. The lowest BCUT2D eigenvalue weighted by Crippen LogP contribution is -2.44. The summed E-state index contributed by atoms with van der Waals surface area (Å²) in [5, 5.41) is 16.9. The number of thioether (sulfide) groups is 1. The lowest BCUT2D eigenvalue weighted by Gasteiger charge is -2.23. The third-order valence-corrected chi connectivity index (χ3v) is 6.07. The summed E-state index contributed by atoms with van der Waals surface area (Å²) in [5.41, 5.74) is 3.73. The van der Waals surface area contributed by atoms with Crippen molar-refractivity contribution in [3.05, 3.63) is 52.8 Å². The molecule has 0 bridgehead atoms. The Labute approximate surface area is 177 Å². The molecule has 1 aliphatic rings. The molecule has 1 saturated heterocycles. The summed E-state index contributed by atoms with van der Waals surface area (Å²) in [5.74, 6) is 0.508. The summed E-state index contributed by atoms with van der Waals surface area (Å²) in [6.45, 7) is 3.69. The quantitative estimate of drug-likeness (QED) is 0.699. The highest BCUT2D eigenvalue weighted by Gasteiger charge is 2.36. The maximum atomic E-state index is 13.5. The number of nitrogens with one attached hydrogen (secondary N) is 1. The number of nitriles is 1. The van der Waals surface area contributed by atoms with E-state index in [4.69, 9.17) is 5.26 Å². The minimum Gasteiger partial charge on any atom is -0.324 e. The van der Waals surface area contributed by atoms with Crippen molar-refractivity contribution in [2.45, 2.75) is 19.9 Å². The molecule has 1 N–H and O–H groups in total. The standard InChI is InChI=1S/C21H20N6O2S/c1-12-8-16(18-13(2)25-26(3)19(18)23-12)21(29)27-11-30-10-17(27)20(28)24-15-6-4-14(9-22)5-7-15/h4-8,17H,10-11H2,1-3H3,(H,24,28). The van der Waals surface area contributed by atoms with Gasteiger partial charge < -0.3 is 10.2 Å². The molecule has 1 atom stereocenters. The fourth-order valence-corrected chi connectivity index (χ4v) is 4.76. The van der Waals surface area contributed by atoms with Crippen molar-refractivity contribution in [1.82, 2.24) is 19.7 Å². The van der Waals surface area contributed by atoms with Gasteiger partial charge in [0, 0.05) is 24.2 Å². The molecule has 4 rings (SSSR count). The molecule has 9 heteroatoms. The van der Waals surface area contributed by atoms with E-state index in [1.54, 1.807) is 58.7 Å². The zero-order valence-corrected chi connectivity index (χ0v) is 17.7. The monoisotopic (exact) mass is 420 g/mol. The first kappa shape index (κ1) is 19.9. The van der Waals surface area contributed by atoms with Gasteiger partial charge >= 0.3 is 0 Å². The maximum absolute atomic E-state index is 13.5. The summed E-state index contributed by atoms with van der Waals surface area (Å²) in [4.78, 5) is 32.5. The molecule has 0 radical (unpaired) electrons. The van der Waals surface area contributed by atoms with Crippen LogP contribution in [0.3, 0.4) is 0 Å². The molecule has 1 unspecified atom stereocenters. The Hall–Kier alpha value is -3.38. The SMILES string of the molecule is Cc1cc(C(=O)N2CSCC2C(=O)Nc2ccc(C#N)cc2)c2c(C)nn(C)c2n1. The Balaban J connectivity index is 1.62. The molecule has 2 amide bonds. The van der Waals surface area contributed by atoms with E-state index in [2.05, 4.69) is 15.4 Å². The number of anilines is 1. The highest BCUT2D eigenvalue weighted by atomic mass is 32.2. The molecule has 0 saturated carbocycles. The lowest BCUT2D eigenvalue weighted by molar-refractivity contribution is -0.119. The first-order valence-corrected chi connectivity index (χ1v) is 10.5. The van der Waals surface area contributed by atoms with Gasteiger partial charge in [-0.3, -0.25) is 14.3 Å². The van der Waals surface area contributed by atoms with Crippen molar-refractivity contribution in [1.29, 1.82) is 5.26 Å². The normalized spacial score (nSPS) is 15.9. The molecule has 152 valence electrons. The summed E-state index contributed by atoms with van der Waals surface area (Å²) >= 11 is 1.54. The Morgan fingerprint density at radius 1 is 1.27 bits per heavy atom. The average molecular weight is 420 g/mol. The number of carbonyl (C=O) groups excluding carboxylic acids is 2. The number of pyridine rings is 1. The van der Waals surface area contributed by atoms with Crippen LogP contribution >= 0.6 is 11.8 Å². The van der Waals surface area contributed by atoms with Crippen LogP contribution in [0.1, 0.15) is 27.3 Å². The number of amides is 2. The van der Waals surface area contributed by atoms with E-state index in [0.29, 0.717) is 34.1 Å². The van der Waals surface area contributed by atoms with E-state index >= 15 is 0 Å². The molecule has 0 aliphatic carbocycles. The summed E-state index contributed by atoms with van der Waals surface area (Å²) in [6, 6.07) is 9.87. The van der Waals surface area contributed by atoms with E-state index in [1.807, 2.05) is 19.9 Å². The second-order valence-corrected chi connectivity index (χ2v) is 8.19. The number of nitrogens with zero attached hydrogens (tertiary/aromatic N) is 5. The molecule has 8 nitrogen and oxygen atoms in total. The second kappa shape index (κ2) is 7.80. The van der Waals surface area contributed by atoms with Gasteiger partial charge in [-0.05, 0) is 44.2 Å². The minimum atomic E-state index is -0.585. The number of aromatic nitrogens is 3. The number of hydrogen-bond acceptors (Lipinski definition) is 6. The fraction of sp³-hybridized carbons (Fsp3) is 0.286. The van der Waals surface area contributed by atoms with Crippen LogP contribution in [0.5, 0.6) is 0 Å². The van der Waals surface area contributed by atoms with Crippen molar-refractivity contribution in [2.75, 3.05) is 16.9 Å². The Bertz CT molecular complexity index is 1190. The molecular formula is C21H20N6O2S. The Morgan fingerprint density at radius 2 is 2.00 bits per heavy atom. The number of rotatable bonds is 3. The van der Waals surface area contributed by atoms with Crippen LogP contribution in [-0.2, 0) is 11.8 Å². The minimum absolute atomic E-state index is 0.202. The average Bonchev–Trinajstić information content (AvgIpc) is 3.32. The van der Waals surface area contributed by atoms with Gasteiger partial charge in [-0.15, -0.1) is 11.8 Å². The van der Waals surface area contributed by atoms with Crippen LogP contribution in [0, 0.1) is 25.2 Å². The van der Waals surface area contributed by atoms with Crippen LogP contribution in [0.25, 0.3) is 11.0 Å². The van der Waals surface area contributed by atoms with Crippen LogP contribution in [0.4, 0.5) is 5.69 Å². The van der Waals surface area contributed by atoms with Crippen molar-refractivity contribution in [3.8, 4) is 6.07 Å². The van der Waals surface area contributed by atoms with Gasteiger partial charge in [-0.2, -0.15) is 10.4 Å². The van der Waals surface area contributed by atoms with Crippen LogP contribution < -0.4 is 5.32 Å². The first-order chi connectivity index (χ1) is 14.4. The lowest BCUT2D eigenvalue weighted by atomic mass is 10.1. The van der Waals surface area contributed by atoms with E-state index in [9.17, 15) is 9.59 Å². The van der Waals surface area contributed by atoms with Gasteiger partial charge in [0.05, 0.1) is 34.2 Å². The third-order valence-electron chi connectivity index (χ3n) is 5.05. The molecule has 1 fully saturated rings. The topological polar surface area (TPSA) is 104 Å². The second-order valence-electron chi connectivity index (χ2n) is 7.19. The Morgan fingerprint density at radius 3 is 2.70 bits per heavy atom. The molecule has 3 heterocycles. The van der Waals surface area contributed by atoms with Crippen molar-refractivity contribution in [3.63, 3.8) is 0 Å². The number of aryl methyl sites for hydroxylation is 3. The number of benzene rings is 1. The largest absolute Gasteiger partial charge is 0.324 e. The molecule has 1 aromatic carbocycles. The zero-order valence-electron chi connectivity index (χ0n) is 16.8. The predicted molar refractivity (Wildman–Crippen MR) is 115 cm³/mol. The molecule has 30 heavy (non-hydrogen) atoms. The molecule has 3 aromatic rings. The van der Waals surface area contributed by atoms with Crippen molar-refractivity contribution in [2.24, 2.45) is 7.05 Å². The van der Waals surface area contributed by atoms with Gasteiger partial charge in [-0.25, -0.2) is 4.98 Å². The smallest absolute Gasteiger partial charge is 0.256 e. The summed E-state index contributed by atoms with van der Waals surface area (Å²) in [7, 11) is 1.80. The van der Waals surface area contributed by atoms with Crippen molar-refractivity contribution >= 4 is 40.3 Å². The number of hydrogen-bond donors (Lipinski definition) is 1. The van der Waals surface area contributed by atoms with E-state index in [0.717, 1.165) is 16.8 Å². The van der Waals surface area contributed by atoms with E-state index < -0.39 is 6.04 Å².